The molecule has 0 saturated heterocycles. The minimum Gasteiger partial charge on any atom is -0.380 e. The smallest absolute Gasteiger partial charge is 0.242 e. The predicted molar refractivity (Wildman–Crippen MR) is 75.8 cm³/mol. The lowest BCUT2D eigenvalue weighted by Crippen LogP contribution is -2.40. The van der Waals surface area contributed by atoms with Gasteiger partial charge < -0.3 is 10.2 Å². The lowest BCUT2D eigenvalue weighted by atomic mass is 10.2. The molecule has 0 aliphatic heterocycles. The zero-order valence-corrected chi connectivity index (χ0v) is 12.5. The summed E-state index contributed by atoms with van der Waals surface area (Å²) < 4.78 is 32.5. The molecule has 1 fully saturated rings. The van der Waals surface area contributed by atoms with E-state index in [0.717, 1.165) is 19.3 Å². The number of hydrogen-bond donors (Lipinski definition) is 3. The van der Waals surface area contributed by atoms with Crippen molar-refractivity contribution in [1.82, 2.24) is 9.71 Å². The number of nitrogens with two attached hydrogens (primary N) is 1. The lowest BCUT2D eigenvalue weighted by Gasteiger charge is -2.19. The fourth-order valence-electron chi connectivity index (χ4n) is 2.28. The van der Waals surface area contributed by atoms with Crippen LogP contribution < -0.4 is 16.0 Å². The number of rotatable bonds is 5. The van der Waals surface area contributed by atoms with Crippen molar-refractivity contribution in [3.8, 4) is 0 Å². The monoisotopic (exact) mass is 320 g/mol. The molecule has 0 bridgehead atoms. The fraction of sp³-hybridized carbons (Fsp3) is 0.545. The van der Waals surface area contributed by atoms with Crippen molar-refractivity contribution < 1.29 is 13.2 Å². The molecule has 112 valence electrons. The molecule has 4 N–H and O–H groups in total. The molecule has 2 rings (SSSR count). The van der Waals surface area contributed by atoms with E-state index >= 15 is 0 Å². The van der Waals surface area contributed by atoms with Crippen LogP contribution in [0.15, 0.2) is 17.2 Å². The van der Waals surface area contributed by atoms with Crippen LogP contribution in [0.4, 0.5) is 5.82 Å². The van der Waals surface area contributed by atoms with Crippen LogP contribution in [-0.2, 0) is 14.8 Å². The first-order valence-corrected chi connectivity index (χ1v) is 8.01. The summed E-state index contributed by atoms with van der Waals surface area (Å²) in [6.07, 6.45) is 3.64. The molecule has 0 amide bonds. The molecular weight excluding hydrogens is 304 g/mol. The van der Waals surface area contributed by atoms with Gasteiger partial charge in [0.05, 0.1) is 11.1 Å². The molecule has 0 radical (unpaired) electrons. The second-order valence-electron chi connectivity index (χ2n) is 4.58. The van der Waals surface area contributed by atoms with Crippen molar-refractivity contribution in [2.24, 2.45) is 5.84 Å². The number of sulfonamides is 1. The van der Waals surface area contributed by atoms with Crippen LogP contribution in [0.5, 0.6) is 0 Å². The quantitative estimate of drug-likeness (QED) is 0.549. The van der Waals surface area contributed by atoms with Gasteiger partial charge in [0.15, 0.2) is 5.82 Å². The highest BCUT2D eigenvalue weighted by atomic mass is 35.5. The average Bonchev–Trinajstić information content (AvgIpc) is 2.85. The standard InChI is InChI=1S/C11H17ClN4O3S/c1-19-10-4-2-3-9(10)16-20(17,18)7-5-8(12)11(15-13)14-6-7/h5-6,9-10,16H,2-4,13H2,1H3,(H,14,15). The molecule has 20 heavy (non-hydrogen) atoms. The Morgan fingerprint density at radius 3 is 2.85 bits per heavy atom. The molecule has 1 aliphatic carbocycles. The Morgan fingerprint density at radius 2 is 2.25 bits per heavy atom. The van der Waals surface area contributed by atoms with Crippen molar-refractivity contribution in [2.75, 3.05) is 12.5 Å². The van der Waals surface area contributed by atoms with Crippen molar-refractivity contribution in [1.29, 1.82) is 0 Å². The SMILES string of the molecule is COC1CCCC1NS(=O)(=O)c1cnc(NN)c(Cl)c1. The van der Waals surface area contributed by atoms with Gasteiger partial charge in [-0.15, -0.1) is 0 Å². The summed E-state index contributed by atoms with van der Waals surface area (Å²) in [5.74, 6) is 5.42. The number of aromatic nitrogens is 1. The summed E-state index contributed by atoms with van der Waals surface area (Å²) in [5, 5.41) is 0.144. The second kappa shape index (κ2) is 6.23. The number of ether oxygens (including phenoxy) is 1. The van der Waals surface area contributed by atoms with E-state index in [1.54, 1.807) is 7.11 Å². The largest absolute Gasteiger partial charge is 0.380 e. The van der Waals surface area contributed by atoms with E-state index < -0.39 is 10.0 Å². The zero-order valence-electron chi connectivity index (χ0n) is 11.0. The van der Waals surface area contributed by atoms with Crippen molar-refractivity contribution >= 4 is 27.4 Å². The highest BCUT2D eigenvalue weighted by Crippen LogP contribution is 2.25. The maximum atomic E-state index is 12.3. The molecule has 9 heteroatoms. The van der Waals surface area contributed by atoms with Gasteiger partial charge in [-0.1, -0.05) is 11.6 Å². The van der Waals surface area contributed by atoms with Gasteiger partial charge in [0.25, 0.3) is 0 Å². The number of nitrogen functional groups attached to an aromatic ring is 1. The fourth-order valence-corrected chi connectivity index (χ4v) is 3.84. The third kappa shape index (κ3) is 3.21. The van der Waals surface area contributed by atoms with Gasteiger partial charge in [-0.2, -0.15) is 0 Å². The van der Waals surface area contributed by atoms with Gasteiger partial charge in [-0.3, -0.25) is 0 Å². The first-order valence-electron chi connectivity index (χ1n) is 6.15. The van der Waals surface area contributed by atoms with Gasteiger partial charge in [0.2, 0.25) is 10.0 Å². The molecule has 2 unspecified atom stereocenters. The molecule has 1 aliphatic rings. The minimum atomic E-state index is -3.68. The maximum absolute atomic E-state index is 12.3. The Bertz CT molecular complexity index is 581. The minimum absolute atomic E-state index is 0.00301. The number of nitrogens with one attached hydrogen (secondary N) is 2. The summed E-state index contributed by atoms with van der Waals surface area (Å²) in [7, 11) is -2.10. The molecule has 2 atom stereocenters. The Labute approximate surface area is 122 Å². The summed E-state index contributed by atoms with van der Waals surface area (Å²) in [4.78, 5) is 3.86. The molecule has 1 aromatic heterocycles. The second-order valence-corrected chi connectivity index (χ2v) is 6.70. The van der Waals surface area contributed by atoms with Gasteiger partial charge in [-0.05, 0) is 25.3 Å². The number of hydrazine groups is 1. The van der Waals surface area contributed by atoms with E-state index in [9.17, 15) is 8.42 Å². The van der Waals surface area contributed by atoms with E-state index in [-0.39, 0.29) is 27.9 Å². The number of hydrogen-bond acceptors (Lipinski definition) is 6. The molecule has 7 nitrogen and oxygen atoms in total. The Hall–Kier alpha value is -0.930. The summed E-state index contributed by atoms with van der Waals surface area (Å²) in [6.45, 7) is 0. The van der Waals surface area contributed by atoms with Crippen LogP contribution in [0.25, 0.3) is 0 Å². The zero-order chi connectivity index (χ0) is 14.8. The molecule has 1 aromatic rings. The van der Waals surface area contributed by atoms with Crippen LogP contribution >= 0.6 is 11.6 Å². The van der Waals surface area contributed by atoms with E-state index in [4.69, 9.17) is 22.2 Å². The third-order valence-electron chi connectivity index (χ3n) is 3.32. The number of halogens is 1. The molecule has 0 aromatic carbocycles. The third-order valence-corrected chi connectivity index (χ3v) is 5.07. The van der Waals surface area contributed by atoms with Gasteiger partial charge in [0.1, 0.15) is 4.90 Å². The van der Waals surface area contributed by atoms with Gasteiger partial charge in [-0.25, -0.2) is 24.0 Å². The van der Waals surface area contributed by atoms with E-state index in [1.807, 2.05) is 0 Å². The first kappa shape index (κ1) is 15.5. The van der Waals surface area contributed by atoms with Crippen molar-refractivity contribution in [3.05, 3.63) is 17.3 Å². The normalized spacial score (nSPS) is 22.9. The van der Waals surface area contributed by atoms with Gasteiger partial charge in [0, 0.05) is 19.3 Å². The van der Waals surface area contributed by atoms with E-state index in [0.29, 0.717) is 0 Å². The first-order chi connectivity index (χ1) is 9.47. The van der Waals surface area contributed by atoms with Gasteiger partial charge >= 0.3 is 0 Å². The molecule has 1 saturated carbocycles. The maximum Gasteiger partial charge on any atom is 0.242 e. The molecule has 0 spiro atoms. The number of anilines is 1. The molecular formula is C11H17ClN4O3S. The number of pyridine rings is 1. The topological polar surface area (TPSA) is 106 Å². The van der Waals surface area contributed by atoms with Crippen LogP contribution in [0.3, 0.4) is 0 Å². The average molecular weight is 321 g/mol. The lowest BCUT2D eigenvalue weighted by molar-refractivity contribution is 0.0916. The Kier molecular flexibility index (Phi) is 4.82. The van der Waals surface area contributed by atoms with Crippen molar-refractivity contribution in [2.45, 2.75) is 36.3 Å². The van der Waals surface area contributed by atoms with Crippen LogP contribution in [0.1, 0.15) is 19.3 Å². The Balaban J connectivity index is 2.20. The Morgan fingerprint density at radius 1 is 1.50 bits per heavy atom. The van der Waals surface area contributed by atoms with Crippen LogP contribution in [0, 0.1) is 0 Å². The predicted octanol–water partition coefficient (Wildman–Crippen LogP) is 0.866. The highest BCUT2D eigenvalue weighted by molar-refractivity contribution is 7.89. The summed E-state index contributed by atoms with van der Waals surface area (Å²) in [6, 6.07) is 1.08. The van der Waals surface area contributed by atoms with E-state index in [2.05, 4.69) is 15.1 Å². The van der Waals surface area contributed by atoms with Crippen LogP contribution in [0.2, 0.25) is 5.02 Å². The van der Waals surface area contributed by atoms with Crippen molar-refractivity contribution in [3.63, 3.8) is 0 Å². The highest BCUT2D eigenvalue weighted by Gasteiger charge is 2.31. The summed E-state index contributed by atoms with van der Waals surface area (Å²) in [5.41, 5.74) is 2.28. The number of nitrogens with zero attached hydrogens (tertiary/aromatic N) is 1. The number of methoxy groups -OCH3 is 1. The van der Waals surface area contributed by atoms with E-state index in [1.165, 1.54) is 12.3 Å². The molecule has 1 heterocycles. The summed E-state index contributed by atoms with van der Waals surface area (Å²) >= 11 is 5.89. The van der Waals surface area contributed by atoms with Crippen LogP contribution in [-0.4, -0.2) is 32.7 Å².